The average molecular weight is 570 g/mol. The van der Waals surface area contributed by atoms with E-state index < -0.39 is 5.97 Å². The maximum absolute atomic E-state index is 12.2. The van der Waals surface area contributed by atoms with Gasteiger partial charge in [-0.15, -0.1) is 16.4 Å². The number of aromatic nitrogens is 4. The molecule has 212 valence electrons. The van der Waals surface area contributed by atoms with Gasteiger partial charge in [0.2, 0.25) is 0 Å². The maximum atomic E-state index is 12.2. The number of rotatable bonds is 8. The van der Waals surface area contributed by atoms with E-state index in [0.717, 1.165) is 70.5 Å². The molecule has 0 fully saturated rings. The lowest BCUT2D eigenvalue weighted by atomic mass is 9.84. The van der Waals surface area contributed by atoms with E-state index in [0.29, 0.717) is 0 Å². The summed E-state index contributed by atoms with van der Waals surface area (Å²) < 4.78 is 9.40. The molecule has 1 N–H and O–H groups in total. The Morgan fingerprint density at radius 2 is 2.05 bits per heavy atom. The van der Waals surface area contributed by atoms with Crippen LogP contribution in [0.5, 0.6) is 5.75 Å². The number of thiophene rings is 1. The molecule has 0 spiro atoms. The summed E-state index contributed by atoms with van der Waals surface area (Å²) in [6.45, 7) is 7.90. The van der Waals surface area contributed by atoms with Crippen LogP contribution in [0.2, 0.25) is 0 Å². The van der Waals surface area contributed by atoms with Gasteiger partial charge in [0.1, 0.15) is 17.4 Å². The highest BCUT2D eigenvalue weighted by Crippen LogP contribution is 2.40. The van der Waals surface area contributed by atoms with Crippen molar-refractivity contribution in [3.8, 4) is 5.75 Å². The van der Waals surface area contributed by atoms with Gasteiger partial charge in [0.25, 0.3) is 0 Å². The van der Waals surface area contributed by atoms with Crippen molar-refractivity contribution in [2.75, 3.05) is 6.54 Å². The Labute approximate surface area is 243 Å². The largest absolute Gasteiger partial charge is 0.487 e. The number of carbonyl (C=O) groups is 1. The topological polar surface area (TPSA) is 93.4 Å². The van der Waals surface area contributed by atoms with E-state index in [1.165, 1.54) is 10.3 Å². The second-order valence-electron chi connectivity index (χ2n) is 10.9. The zero-order valence-corrected chi connectivity index (χ0v) is 24.7. The fraction of sp³-hybridized carbons (Fsp3) is 0.375. The molecule has 9 heteroatoms. The number of hydrogen-bond donors (Lipinski definition) is 1. The molecular formula is C32H35N5O3S. The molecule has 3 aromatic heterocycles. The highest BCUT2D eigenvalue weighted by atomic mass is 32.1. The molecule has 4 heterocycles. The van der Waals surface area contributed by atoms with Crippen molar-refractivity contribution in [2.24, 2.45) is 7.05 Å². The highest BCUT2D eigenvalue weighted by molar-refractivity contribution is 7.17. The van der Waals surface area contributed by atoms with E-state index in [2.05, 4.69) is 52.6 Å². The van der Waals surface area contributed by atoms with Gasteiger partial charge in [-0.25, -0.2) is 4.68 Å². The van der Waals surface area contributed by atoms with Crippen LogP contribution in [0, 0.1) is 6.92 Å². The van der Waals surface area contributed by atoms with Crippen LogP contribution in [0.3, 0.4) is 0 Å². The number of benzene rings is 2. The van der Waals surface area contributed by atoms with Crippen LogP contribution in [0.25, 0.3) is 21.1 Å². The minimum Gasteiger partial charge on any atom is -0.487 e. The standard InChI is InChI=1S/C32H35N5O3S/c1-5-23-18-37(26(6-2)31-28(40-23)8-7-12-33-31)17-22-15-21(14-20-11-13-41-32(20)22)25(16-29(38)39)24-9-10-27-30(19(24)3)34-35-36(27)4/h7-15,23,25-26H,5-6,16-18H2,1-4H3,(H,38,39)/t23-,25+,26?/m1/s1. The Morgan fingerprint density at radius 3 is 2.83 bits per heavy atom. The second-order valence-corrected chi connectivity index (χ2v) is 11.8. The van der Waals surface area contributed by atoms with E-state index in [1.807, 2.05) is 44.4 Å². The summed E-state index contributed by atoms with van der Waals surface area (Å²) in [7, 11) is 1.87. The number of aliphatic carboxylic acids is 1. The second kappa shape index (κ2) is 11.2. The summed E-state index contributed by atoms with van der Waals surface area (Å²) in [5, 5.41) is 21.8. The van der Waals surface area contributed by atoms with Crippen molar-refractivity contribution < 1.29 is 14.6 Å². The van der Waals surface area contributed by atoms with Crippen LogP contribution in [-0.2, 0) is 18.4 Å². The molecule has 1 aliphatic rings. The SMILES string of the molecule is CCC1c2ncccc2O[C@H](CC)CN1Cc1cc([C@H](CC(=O)O)c2ccc3c(nnn3C)c2C)cc2ccsc12. The molecular weight excluding hydrogens is 534 g/mol. The minimum atomic E-state index is -0.829. The monoisotopic (exact) mass is 569 g/mol. The lowest BCUT2D eigenvalue weighted by Gasteiger charge is -2.30. The van der Waals surface area contributed by atoms with E-state index in [1.54, 1.807) is 16.0 Å². The predicted molar refractivity (Wildman–Crippen MR) is 162 cm³/mol. The van der Waals surface area contributed by atoms with Gasteiger partial charge in [0.15, 0.2) is 0 Å². The molecule has 5 aromatic rings. The number of hydrogen-bond acceptors (Lipinski definition) is 7. The molecule has 1 unspecified atom stereocenters. The van der Waals surface area contributed by atoms with E-state index in [9.17, 15) is 9.90 Å². The third-order valence-electron chi connectivity index (χ3n) is 8.39. The summed E-state index contributed by atoms with van der Waals surface area (Å²) in [4.78, 5) is 19.4. The van der Waals surface area contributed by atoms with Gasteiger partial charge in [-0.3, -0.25) is 14.7 Å². The smallest absolute Gasteiger partial charge is 0.304 e. The zero-order chi connectivity index (χ0) is 28.7. The van der Waals surface area contributed by atoms with Gasteiger partial charge in [-0.1, -0.05) is 31.2 Å². The van der Waals surface area contributed by atoms with E-state index >= 15 is 0 Å². The van der Waals surface area contributed by atoms with Crippen LogP contribution in [0.15, 0.2) is 54.0 Å². The summed E-state index contributed by atoms with van der Waals surface area (Å²) >= 11 is 1.74. The van der Waals surface area contributed by atoms with Gasteiger partial charge in [-0.05, 0) is 83.1 Å². The van der Waals surface area contributed by atoms with E-state index in [4.69, 9.17) is 9.72 Å². The Bertz CT molecular complexity index is 1730. The first kappa shape index (κ1) is 27.4. The molecule has 0 saturated heterocycles. The number of pyridine rings is 1. The highest BCUT2D eigenvalue weighted by Gasteiger charge is 2.31. The number of ether oxygens (including phenoxy) is 1. The van der Waals surface area contributed by atoms with E-state index in [-0.39, 0.29) is 24.5 Å². The molecule has 0 aliphatic carbocycles. The minimum absolute atomic E-state index is 0.00790. The molecule has 3 atom stereocenters. The summed E-state index contributed by atoms with van der Waals surface area (Å²) in [5.74, 6) is -0.271. The maximum Gasteiger partial charge on any atom is 0.304 e. The Balaban J connectivity index is 1.45. The van der Waals surface area contributed by atoms with Crippen molar-refractivity contribution >= 4 is 38.4 Å². The van der Waals surface area contributed by atoms with Crippen molar-refractivity contribution in [3.05, 3.63) is 82.0 Å². The van der Waals surface area contributed by atoms with Crippen LogP contribution in [0.4, 0.5) is 0 Å². The normalized spacial score (nSPS) is 18.2. The fourth-order valence-corrected chi connectivity index (χ4v) is 7.19. The molecule has 2 aromatic carbocycles. The number of nitrogens with zero attached hydrogens (tertiary/aromatic N) is 5. The van der Waals surface area contributed by atoms with Crippen molar-refractivity contribution in [1.29, 1.82) is 0 Å². The number of aryl methyl sites for hydroxylation is 2. The van der Waals surface area contributed by atoms with Gasteiger partial charge >= 0.3 is 5.97 Å². The van der Waals surface area contributed by atoms with Gasteiger partial charge in [0.05, 0.1) is 23.7 Å². The molecule has 1 aliphatic heterocycles. The Morgan fingerprint density at radius 1 is 1.20 bits per heavy atom. The van der Waals surface area contributed by atoms with Crippen molar-refractivity contribution in [2.45, 2.75) is 64.6 Å². The summed E-state index contributed by atoms with van der Waals surface area (Å²) in [5.41, 5.74) is 6.88. The quantitative estimate of drug-likeness (QED) is 0.225. The molecule has 0 radical (unpaired) electrons. The fourth-order valence-electron chi connectivity index (χ4n) is 6.30. The Kier molecular flexibility index (Phi) is 7.48. The lowest BCUT2D eigenvalue weighted by Crippen LogP contribution is -2.35. The van der Waals surface area contributed by atoms with Crippen molar-refractivity contribution in [1.82, 2.24) is 24.9 Å². The van der Waals surface area contributed by atoms with Crippen molar-refractivity contribution in [3.63, 3.8) is 0 Å². The van der Waals surface area contributed by atoms with Gasteiger partial charge in [0, 0.05) is 37.0 Å². The first-order valence-corrected chi connectivity index (χ1v) is 15.1. The molecule has 6 rings (SSSR count). The number of carboxylic acid groups (broad SMARTS) is 1. The predicted octanol–water partition coefficient (Wildman–Crippen LogP) is 6.62. The van der Waals surface area contributed by atoms with Crippen LogP contribution >= 0.6 is 11.3 Å². The Hall–Kier alpha value is -3.82. The van der Waals surface area contributed by atoms with Crippen LogP contribution in [-0.4, -0.2) is 48.6 Å². The molecule has 0 bridgehead atoms. The molecule has 0 saturated carbocycles. The molecule has 8 nitrogen and oxygen atoms in total. The third kappa shape index (κ3) is 5.08. The lowest BCUT2D eigenvalue weighted by molar-refractivity contribution is -0.137. The van der Waals surface area contributed by atoms with Crippen LogP contribution in [0.1, 0.15) is 73.0 Å². The van der Waals surface area contributed by atoms with Gasteiger partial charge in [-0.2, -0.15) is 0 Å². The zero-order valence-electron chi connectivity index (χ0n) is 23.9. The first-order valence-electron chi connectivity index (χ1n) is 14.2. The first-order chi connectivity index (χ1) is 19.9. The molecule has 0 amide bonds. The number of carboxylic acids is 1. The molecule has 41 heavy (non-hydrogen) atoms. The summed E-state index contributed by atoms with van der Waals surface area (Å²) in [6.07, 6.45) is 3.72. The summed E-state index contributed by atoms with van der Waals surface area (Å²) in [6, 6.07) is 14.7. The average Bonchev–Trinajstić information content (AvgIpc) is 3.56. The number of fused-ring (bicyclic) bond motifs is 3. The third-order valence-corrected chi connectivity index (χ3v) is 9.40. The van der Waals surface area contributed by atoms with Crippen LogP contribution < -0.4 is 4.74 Å². The van der Waals surface area contributed by atoms with Gasteiger partial charge < -0.3 is 9.84 Å².